The van der Waals surface area contributed by atoms with Gasteiger partial charge in [0.05, 0.1) is 12.2 Å². The van der Waals surface area contributed by atoms with Crippen molar-refractivity contribution in [2.45, 2.75) is 25.5 Å². The van der Waals surface area contributed by atoms with Crippen LogP contribution in [0.2, 0.25) is 0 Å². The number of carbonyl (C=O) groups excluding carboxylic acids is 1. The van der Waals surface area contributed by atoms with Gasteiger partial charge in [-0.25, -0.2) is 4.79 Å². The highest BCUT2D eigenvalue weighted by Gasteiger charge is 2.41. The summed E-state index contributed by atoms with van der Waals surface area (Å²) in [6, 6.07) is 7.46. The molecular formula is C13H17NO3. The Morgan fingerprint density at radius 2 is 2.12 bits per heavy atom. The number of hydrogen-bond acceptors (Lipinski definition) is 4. The van der Waals surface area contributed by atoms with Crippen molar-refractivity contribution in [2.75, 3.05) is 13.2 Å². The van der Waals surface area contributed by atoms with Crippen LogP contribution in [0, 0.1) is 0 Å². The Labute approximate surface area is 101 Å². The fourth-order valence-electron chi connectivity index (χ4n) is 1.54. The summed E-state index contributed by atoms with van der Waals surface area (Å²) in [4.78, 5) is 11.7. The molecule has 4 nitrogen and oxygen atoms in total. The third-order valence-corrected chi connectivity index (χ3v) is 2.69. The molecule has 0 aliphatic carbocycles. The fourth-order valence-corrected chi connectivity index (χ4v) is 1.54. The molecule has 1 heterocycles. The molecule has 1 unspecified atom stereocenters. The van der Waals surface area contributed by atoms with Gasteiger partial charge in [0.15, 0.2) is 5.72 Å². The molecule has 1 saturated heterocycles. The number of hydrogen-bond donors (Lipinski definition) is 1. The van der Waals surface area contributed by atoms with Crippen molar-refractivity contribution in [2.24, 2.45) is 5.73 Å². The summed E-state index contributed by atoms with van der Waals surface area (Å²) in [5, 5.41) is 0. The van der Waals surface area contributed by atoms with Gasteiger partial charge in [0.2, 0.25) is 0 Å². The number of benzene rings is 1. The van der Waals surface area contributed by atoms with E-state index in [1.807, 2.05) is 12.1 Å². The summed E-state index contributed by atoms with van der Waals surface area (Å²) in [5.74, 6) is -0.353. The first-order valence-electron chi connectivity index (χ1n) is 5.82. The van der Waals surface area contributed by atoms with E-state index in [9.17, 15) is 4.79 Å². The molecule has 0 amide bonds. The molecule has 1 aliphatic heterocycles. The van der Waals surface area contributed by atoms with Gasteiger partial charge in [-0.05, 0) is 24.1 Å². The van der Waals surface area contributed by atoms with E-state index in [1.165, 1.54) is 5.56 Å². The van der Waals surface area contributed by atoms with E-state index in [2.05, 4.69) is 6.92 Å². The SMILES string of the molecule is CCCc1ccc(C(=O)OCC2(N)CO2)cc1. The molecule has 0 radical (unpaired) electrons. The van der Waals surface area contributed by atoms with E-state index in [0.29, 0.717) is 12.2 Å². The minimum Gasteiger partial charge on any atom is -0.457 e. The summed E-state index contributed by atoms with van der Waals surface area (Å²) in [7, 11) is 0. The summed E-state index contributed by atoms with van der Waals surface area (Å²) in [6.45, 7) is 2.69. The molecule has 0 aromatic heterocycles. The van der Waals surface area contributed by atoms with Crippen molar-refractivity contribution in [3.8, 4) is 0 Å². The van der Waals surface area contributed by atoms with E-state index in [4.69, 9.17) is 15.2 Å². The first kappa shape index (κ1) is 12.1. The van der Waals surface area contributed by atoms with Crippen molar-refractivity contribution >= 4 is 5.97 Å². The molecule has 0 bridgehead atoms. The van der Waals surface area contributed by atoms with Gasteiger partial charge in [0.25, 0.3) is 0 Å². The number of ether oxygens (including phenoxy) is 2. The highest BCUT2D eigenvalue weighted by Crippen LogP contribution is 2.20. The summed E-state index contributed by atoms with van der Waals surface area (Å²) in [5.41, 5.74) is 6.68. The van der Waals surface area contributed by atoms with Gasteiger partial charge < -0.3 is 9.47 Å². The first-order valence-corrected chi connectivity index (χ1v) is 5.82. The highest BCUT2D eigenvalue weighted by atomic mass is 16.6. The monoisotopic (exact) mass is 235 g/mol. The highest BCUT2D eigenvalue weighted by molar-refractivity contribution is 5.89. The summed E-state index contributed by atoms with van der Waals surface area (Å²) < 4.78 is 10.00. The van der Waals surface area contributed by atoms with Crippen molar-refractivity contribution in [3.05, 3.63) is 35.4 Å². The zero-order valence-corrected chi connectivity index (χ0v) is 9.94. The van der Waals surface area contributed by atoms with Crippen LogP contribution in [0.3, 0.4) is 0 Å². The van der Waals surface area contributed by atoms with Gasteiger partial charge in [-0.2, -0.15) is 0 Å². The average Bonchev–Trinajstić information content (AvgIpc) is 3.06. The van der Waals surface area contributed by atoms with E-state index in [-0.39, 0.29) is 12.6 Å². The molecule has 4 heteroatoms. The number of epoxide rings is 1. The van der Waals surface area contributed by atoms with Gasteiger partial charge in [-0.3, -0.25) is 5.73 Å². The lowest BCUT2D eigenvalue weighted by molar-refractivity contribution is 0.0399. The second-order valence-electron chi connectivity index (χ2n) is 4.38. The summed E-state index contributed by atoms with van der Waals surface area (Å²) >= 11 is 0. The molecule has 1 aromatic rings. The van der Waals surface area contributed by atoms with Crippen LogP contribution in [0.15, 0.2) is 24.3 Å². The largest absolute Gasteiger partial charge is 0.457 e. The second-order valence-corrected chi connectivity index (χ2v) is 4.38. The van der Waals surface area contributed by atoms with Gasteiger partial charge in [0.1, 0.15) is 6.61 Å². The Hall–Kier alpha value is -1.39. The topological polar surface area (TPSA) is 64.8 Å². The standard InChI is InChI=1S/C13H17NO3/c1-2-3-10-4-6-11(7-5-10)12(15)16-8-13(14)9-17-13/h4-7H,2-3,8-9,14H2,1H3. The maximum Gasteiger partial charge on any atom is 0.338 e. The minimum atomic E-state index is -0.738. The van der Waals surface area contributed by atoms with Crippen LogP contribution in [0.4, 0.5) is 0 Å². The van der Waals surface area contributed by atoms with Crippen molar-refractivity contribution < 1.29 is 14.3 Å². The molecule has 0 spiro atoms. The number of nitrogens with two attached hydrogens (primary N) is 1. The fraction of sp³-hybridized carbons (Fsp3) is 0.462. The van der Waals surface area contributed by atoms with E-state index < -0.39 is 5.72 Å². The maximum absolute atomic E-state index is 11.7. The number of esters is 1. The summed E-state index contributed by atoms with van der Waals surface area (Å²) in [6.07, 6.45) is 2.12. The van der Waals surface area contributed by atoms with Gasteiger partial charge >= 0.3 is 5.97 Å². The maximum atomic E-state index is 11.7. The van der Waals surface area contributed by atoms with Crippen LogP contribution in [0.25, 0.3) is 0 Å². The van der Waals surface area contributed by atoms with E-state index >= 15 is 0 Å². The number of rotatable bonds is 5. The zero-order chi connectivity index (χ0) is 12.3. The van der Waals surface area contributed by atoms with E-state index in [0.717, 1.165) is 12.8 Å². The molecule has 92 valence electrons. The van der Waals surface area contributed by atoms with Crippen molar-refractivity contribution in [1.29, 1.82) is 0 Å². The molecule has 1 fully saturated rings. The van der Waals surface area contributed by atoms with Crippen LogP contribution in [-0.4, -0.2) is 24.9 Å². The number of carbonyl (C=O) groups is 1. The Balaban J connectivity index is 1.89. The molecule has 1 aliphatic rings. The molecule has 2 N–H and O–H groups in total. The Kier molecular flexibility index (Phi) is 3.45. The predicted octanol–water partition coefficient (Wildman–Crippen LogP) is 1.48. The molecule has 1 aromatic carbocycles. The minimum absolute atomic E-state index is 0.114. The number of aryl methyl sites for hydroxylation is 1. The lowest BCUT2D eigenvalue weighted by Crippen LogP contribution is -2.31. The Bertz CT molecular complexity index is 396. The molecular weight excluding hydrogens is 218 g/mol. The van der Waals surface area contributed by atoms with Gasteiger partial charge in [0, 0.05) is 0 Å². The van der Waals surface area contributed by atoms with Crippen LogP contribution < -0.4 is 5.73 Å². The Morgan fingerprint density at radius 3 is 2.65 bits per heavy atom. The van der Waals surface area contributed by atoms with Gasteiger partial charge in [-0.15, -0.1) is 0 Å². The Morgan fingerprint density at radius 1 is 1.47 bits per heavy atom. The first-order chi connectivity index (χ1) is 8.13. The van der Waals surface area contributed by atoms with Crippen molar-refractivity contribution in [1.82, 2.24) is 0 Å². The molecule has 0 saturated carbocycles. The molecule has 2 rings (SSSR count). The van der Waals surface area contributed by atoms with Crippen LogP contribution in [0.1, 0.15) is 29.3 Å². The van der Waals surface area contributed by atoms with Crippen LogP contribution in [0.5, 0.6) is 0 Å². The average molecular weight is 235 g/mol. The van der Waals surface area contributed by atoms with Crippen LogP contribution in [-0.2, 0) is 15.9 Å². The third-order valence-electron chi connectivity index (χ3n) is 2.69. The quantitative estimate of drug-likeness (QED) is 0.620. The van der Waals surface area contributed by atoms with Gasteiger partial charge in [-0.1, -0.05) is 25.5 Å². The molecule has 17 heavy (non-hydrogen) atoms. The van der Waals surface area contributed by atoms with Crippen molar-refractivity contribution in [3.63, 3.8) is 0 Å². The molecule has 1 atom stereocenters. The lowest BCUT2D eigenvalue weighted by Gasteiger charge is -2.07. The third kappa shape index (κ3) is 3.28. The van der Waals surface area contributed by atoms with E-state index in [1.54, 1.807) is 12.1 Å². The van der Waals surface area contributed by atoms with Crippen LogP contribution >= 0.6 is 0 Å². The zero-order valence-electron chi connectivity index (χ0n) is 9.94. The lowest BCUT2D eigenvalue weighted by atomic mass is 10.1. The smallest absolute Gasteiger partial charge is 0.338 e. The second kappa shape index (κ2) is 4.85. The normalized spacial score (nSPS) is 22.2. The predicted molar refractivity (Wildman–Crippen MR) is 63.6 cm³/mol.